The number of hydrogen-bond acceptors (Lipinski definition) is 4. The topological polar surface area (TPSA) is 78.9 Å². The molecule has 2 N–H and O–H groups in total. The highest BCUT2D eigenvalue weighted by molar-refractivity contribution is 5.86. The summed E-state index contributed by atoms with van der Waals surface area (Å²) in [5.74, 6) is -0.647. The fraction of sp³-hybridized carbons (Fsp3) is 0.417. The maximum atomic E-state index is 14.0. The normalized spacial score (nSPS) is 19.7. The number of rotatable bonds is 4. The third-order valence-corrected chi connectivity index (χ3v) is 5.16. The highest BCUT2D eigenvalue weighted by atomic mass is 19.1. The molecule has 0 radical (unpaired) electrons. The van der Waals surface area contributed by atoms with Crippen molar-refractivity contribution in [2.24, 2.45) is 0 Å². The number of benzene rings is 2. The van der Waals surface area contributed by atoms with Crippen LogP contribution in [0, 0.1) is 5.82 Å². The lowest BCUT2D eigenvalue weighted by atomic mass is 10.0. The molecule has 6 nitrogen and oxygen atoms in total. The molecule has 0 aliphatic carbocycles. The summed E-state index contributed by atoms with van der Waals surface area (Å²) in [5, 5.41) is 12.9. The molecule has 1 saturated heterocycles. The molecule has 1 aliphatic heterocycles. The smallest absolute Gasteiger partial charge is 0.411 e. The third-order valence-electron chi connectivity index (χ3n) is 5.16. The number of aliphatic hydroxyl groups is 1. The first kappa shape index (κ1) is 22.7. The Balaban J connectivity index is 1.68. The van der Waals surface area contributed by atoms with E-state index in [-0.39, 0.29) is 30.7 Å². The first-order valence-electron chi connectivity index (χ1n) is 10.4. The van der Waals surface area contributed by atoms with Gasteiger partial charge in [0.1, 0.15) is 17.5 Å². The predicted molar refractivity (Wildman–Crippen MR) is 116 cm³/mol. The van der Waals surface area contributed by atoms with Crippen molar-refractivity contribution in [2.45, 2.75) is 57.9 Å². The number of halogens is 1. The molecule has 0 unspecified atom stereocenters. The number of hydrogen-bond donors (Lipinski definition) is 2. The van der Waals surface area contributed by atoms with Gasteiger partial charge in [-0.2, -0.15) is 0 Å². The van der Waals surface area contributed by atoms with E-state index in [1.165, 1.54) is 11.0 Å². The van der Waals surface area contributed by atoms with Crippen LogP contribution in [0.15, 0.2) is 48.5 Å². The van der Waals surface area contributed by atoms with Crippen LogP contribution in [0.1, 0.15) is 45.7 Å². The maximum Gasteiger partial charge on any atom is 0.411 e. The summed E-state index contributed by atoms with van der Waals surface area (Å²) < 4.78 is 19.4. The minimum atomic E-state index is -0.801. The minimum absolute atomic E-state index is 0.0543. The van der Waals surface area contributed by atoms with Gasteiger partial charge in [-0.1, -0.05) is 42.5 Å². The molecule has 166 valence electrons. The zero-order valence-electron chi connectivity index (χ0n) is 18.3. The third kappa shape index (κ3) is 5.61. The quantitative estimate of drug-likeness (QED) is 0.770. The Labute approximate surface area is 182 Å². The van der Waals surface area contributed by atoms with Crippen molar-refractivity contribution in [2.75, 3.05) is 6.54 Å². The van der Waals surface area contributed by atoms with Crippen LogP contribution in [-0.4, -0.2) is 46.3 Å². The maximum absolute atomic E-state index is 14.0. The standard InChI is InChI=1S/C24H29FN2O4/c1-15(16-9-11-17(12-10-16)19-7-5-6-8-20(19)25)26-22(29)21-13-18(28)14-27(21)23(30)31-24(2,3)4/h5-12,15,18,21,28H,13-14H2,1-4H3,(H,26,29)/t15-,18+,21-/m0/s1. The second kappa shape index (κ2) is 9.06. The predicted octanol–water partition coefficient (Wildman–Crippen LogP) is 4.04. The summed E-state index contributed by atoms with van der Waals surface area (Å²) in [7, 11) is 0. The lowest BCUT2D eigenvalue weighted by molar-refractivity contribution is -0.126. The van der Waals surface area contributed by atoms with E-state index < -0.39 is 23.8 Å². The molecular weight excluding hydrogens is 399 g/mol. The van der Waals surface area contributed by atoms with Crippen LogP contribution < -0.4 is 5.32 Å². The van der Waals surface area contributed by atoms with Gasteiger partial charge in [-0.25, -0.2) is 9.18 Å². The van der Waals surface area contributed by atoms with E-state index >= 15 is 0 Å². The van der Waals surface area contributed by atoms with Crippen molar-refractivity contribution in [3.63, 3.8) is 0 Å². The second-order valence-corrected chi connectivity index (χ2v) is 8.87. The van der Waals surface area contributed by atoms with Gasteiger partial charge in [0.25, 0.3) is 0 Å². The summed E-state index contributed by atoms with van der Waals surface area (Å²) >= 11 is 0. The lowest BCUT2D eigenvalue weighted by Crippen LogP contribution is -2.48. The van der Waals surface area contributed by atoms with E-state index in [0.29, 0.717) is 5.56 Å². The Bertz CT molecular complexity index is 939. The van der Waals surface area contributed by atoms with Gasteiger partial charge in [0.2, 0.25) is 5.91 Å². The molecule has 0 bridgehead atoms. The molecule has 0 spiro atoms. The van der Waals surface area contributed by atoms with Gasteiger partial charge < -0.3 is 15.2 Å². The van der Waals surface area contributed by atoms with Crippen LogP contribution in [0.4, 0.5) is 9.18 Å². The van der Waals surface area contributed by atoms with Gasteiger partial charge >= 0.3 is 6.09 Å². The van der Waals surface area contributed by atoms with Crippen molar-refractivity contribution in [3.05, 3.63) is 59.9 Å². The zero-order valence-corrected chi connectivity index (χ0v) is 18.3. The van der Waals surface area contributed by atoms with Gasteiger partial charge in [0, 0.05) is 12.0 Å². The molecule has 2 aromatic rings. The molecule has 3 atom stereocenters. The summed E-state index contributed by atoms with van der Waals surface area (Å²) in [6.45, 7) is 7.14. The van der Waals surface area contributed by atoms with E-state index in [2.05, 4.69) is 5.32 Å². The van der Waals surface area contributed by atoms with Crippen LogP contribution in [-0.2, 0) is 9.53 Å². The Morgan fingerprint density at radius 2 is 1.81 bits per heavy atom. The molecule has 1 heterocycles. The molecule has 0 aromatic heterocycles. The first-order chi connectivity index (χ1) is 14.5. The van der Waals surface area contributed by atoms with Crippen molar-refractivity contribution in [1.82, 2.24) is 10.2 Å². The van der Waals surface area contributed by atoms with Crippen LogP contribution in [0.5, 0.6) is 0 Å². The molecule has 1 aliphatic rings. The molecule has 0 saturated carbocycles. The van der Waals surface area contributed by atoms with Crippen molar-refractivity contribution >= 4 is 12.0 Å². The lowest BCUT2D eigenvalue weighted by Gasteiger charge is -2.28. The summed E-state index contributed by atoms with van der Waals surface area (Å²) in [4.78, 5) is 26.6. The fourth-order valence-corrected chi connectivity index (χ4v) is 3.62. The number of aliphatic hydroxyl groups excluding tert-OH is 1. The second-order valence-electron chi connectivity index (χ2n) is 8.87. The highest BCUT2D eigenvalue weighted by Gasteiger charge is 2.41. The van der Waals surface area contributed by atoms with Crippen LogP contribution in [0.25, 0.3) is 11.1 Å². The zero-order chi connectivity index (χ0) is 22.8. The van der Waals surface area contributed by atoms with E-state index in [9.17, 15) is 19.1 Å². The van der Waals surface area contributed by atoms with Crippen molar-refractivity contribution in [1.29, 1.82) is 0 Å². The van der Waals surface area contributed by atoms with Crippen molar-refractivity contribution in [3.8, 4) is 11.1 Å². The number of nitrogens with zero attached hydrogens (tertiary/aromatic N) is 1. The van der Waals surface area contributed by atoms with E-state index in [1.54, 1.807) is 39.0 Å². The fourth-order valence-electron chi connectivity index (χ4n) is 3.62. The largest absolute Gasteiger partial charge is 0.444 e. The van der Waals surface area contributed by atoms with Gasteiger partial charge in [-0.05, 0) is 44.9 Å². The molecule has 7 heteroatoms. The van der Waals surface area contributed by atoms with Crippen LogP contribution in [0.2, 0.25) is 0 Å². The average molecular weight is 429 g/mol. The minimum Gasteiger partial charge on any atom is -0.444 e. The monoisotopic (exact) mass is 428 g/mol. The number of amides is 2. The summed E-state index contributed by atoms with van der Waals surface area (Å²) in [5.41, 5.74) is 1.41. The van der Waals surface area contributed by atoms with E-state index in [4.69, 9.17) is 4.74 Å². The Hall–Kier alpha value is -2.93. The Morgan fingerprint density at radius 1 is 1.16 bits per heavy atom. The molecular formula is C24H29FN2O4. The first-order valence-corrected chi connectivity index (χ1v) is 10.4. The van der Waals surface area contributed by atoms with Gasteiger partial charge in [-0.15, -0.1) is 0 Å². The Kier molecular flexibility index (Phi) is 6.65. The molecule has 1 fully saturated rings. The number of β-amino-alcohol motifs (C(OH)–C–C–N with tert-alkyl or cyclic N) is 1. The van der Waals surface area contributed by atoms with Gasteiger partial charge in [0.05, 0.1) is 18.7 Å². The molecule has 3 rings (SSSR count). The summed E-state index contributed by atoms with van der Waals surface area (Å²) in [6, 6.07) is 12.7. The number of carbonyl (C=O) groups excluding carboxylic acids is 2. The number of ether oxygens (including phenoxy) is 1. The number of likely N-dealkylation sites (tertiary alicyclic amines) is 1. The molecule has 31 heavy (non-hydrogen) atoms. The average Bonchev–Trinajstić information content (AvgIpc) is 3.09. The van der Waals surface area contributed by atoms with Crippen LogP contribution >= 0.6 is 0 Å². The highest BCUT2D eigenvalue weighted by Crippen LogP contribution is 2.26. The van der Waals surface area contributed by atoms with E-state index in [1.807, 2.05) is 31.2 Å². The summed E-state index contributed by atoms with van der Waals surface area (Å²) in [6.07, 6.45) is -1.24. The van der Waals surface area contributed by atoms with E-state index in [0.717, 1.165) is 11.1 Å². The number of nitrogens with one attached hydrogen (secondary N) is 1. The van der Waals surface area contributed by atoms with Gasteiger partial charge in [0.15, 0.2) is 0 Å². The molecule has 2 aromatic carbocycles. The SMILES string of the molecule is C[C@H](NC(=O)[C@@H]1C[C@@H](O)CN1C(=O)OC(C)(C)C)c1ccc(-c2ccccc2F)cc1. The van der Waals surface area contributed by atoms with Gasteiger partial charge in [-0.3, -0.25) is 9.69 Å². The van der Waals surface area contributed by atoms with Crippen LogP contribution in [0.3, 0.4) is 0 Å². The van der Waals surface area contributed by atoms with Crippen molar-refractivity contribution < 1.29 is 23.8 Å². The number of carbonyl (C=O) groups is 2. The Morgan fingerprint density at radius 3 is 2.42 bits per heavy atom. The molecule has 2 amide bonds.